The Morgan fingerprint density at radius 3 is 2.52 bits per heavy atom. The number of hydrogen-bond donors (Lipinski definition) is 2. The normalized spacial score (nSPS) is 10.0. The Bertz CT molecular complexity index is 617. The monoisotopic (exact) mass is 289 g/mol. The zero-order valence-corrected chi connectivity index (χ0v) is 12.3. The van der Waals surface area contributed by atoms with E-state index in [0.29, 0.717) is 35.5 Å². The van der Waals surface area contributed by atoms with Gasteiger partial charge in [0, 0.05) is 11.8 Å². The Morgan fingerprint density at radius 2 is 1.86 bits per heavy atom. The minimum atomic E-state index is 0.419. The van der Waals surface area contributed by atoms with E-state index in [1.807, 2.05) is 25.1 Å². The predicted molar refractivity (Wildman–Crippen MR) is 82.6 cm³/mol. The molecule has 21 heavy (non-hydrogen) atoms. The van der Waals surface area contributed by atoms with Gasteiger partial charge in [-0.15, -0.1) is 0 Å². The van der Waals surface area contributed by atoms with Crippen LogP contribution >= 0.6 is 0 Å². The van der Waals surface area contributed by atoms with Crippen molar-refractivity contribution < 1.29 is 14.2 Å². The van der Waals surface area contributed by atoms with E-state index >= 15 is 0 Å². The molecule has 1 aromatic heterocycles. The fourth-order valence-corrected chi connectivity index (χ4v) is 1.84. The van der Waals surface area contributed by atoms with Gasteiger partial charge in [0.25, 0.3) is 0 Å². The lowest BCUT2D eigenvalue weighted by Crippen LogP contribution is -2.02. The van der Waals surface area contributed by atoms with Gasteiger partial charge in [-0.1, -0.05) is 0 Å². The number of benzene rings is 1. The highest BCUT2D eigenvalue weighted by Gasteiger charge is 2.07. The van der Waals surface area contributed by atoms with Crippen LogP contribution in [0.2, 0.25) is 0 Å². The van der Waals surface area contributed by atoms with Crippen LogP contribution in [0.25, 0.3) is 0 Å². The molecule has 0 spiro atoms. The van der Waals surface area contributed by atoms with Crippen LogP contribution in [-0.4, -0.2) is 25.8 Å². The summed E-state index contributed by atoms with van der Waals surface area (Å²) < 4.78 is 15.8. The first-order chi connectivity index (χ1) is 10.2. The van der Waals surface area contributed by atoms with Crippen molar-refractivity contribution in [3.8, 4) is 17.4 Å². The average molecular weight is 289 g/mol. The first-order valence-electron chi connectivity index (χ1n) is 6.56. The number of methoxy groups -OCH3 is 2. The molecule has 2 rings (SSSR count). The van der Waals surface area contributed by atoms with Crippen LogP contribution in [0.1, 0.15) is 6.92 Å². The molecule has 6 heteroatoms. The molecule has 0 radical (unpaired) electrons. The summed E-state index contributed by atoms with van der Waals surface area (Å²) in [7, 11) is 3.19. The van der Waals surface area contributed by atoms with Gasteiger partial charge < -0.3 is 25.3 Å². The van der Waals surface area contributed by atoms with Crippen molar-refractivity contribution in [1.82, 2.24) is 4.98 Å². The molecule has 3 N–H and O–H groups in total. The summed E-state index contributed by atoms with van der Waals surface area (Å²) in [6, 6.07) is 9.06. The number of nitrogens with zero attached hydrogens (tertiary/aromatic N) is 1. The molecule has 0 aliphatic rings. The molecule has 0 bridgehead atoms. The van der Waals surface area contributed by atoms with Gasteiger partial charge in [-0.2, -0.15) is 4.98 Å². The van der Waals surface area contributed by atoms with Crippen LogP contribution in [0.4, 0.5) is 17.2 Å². The van der Waals surface area contributed by atoms with Crippen molar-refractivity contribution in [2.75, 3.05) is 31.9 Å². The summed E-state index contributed by atoms with van der Waals surface area (Å²) in [6.45, 7) is 2.40. The second-order valence-electron chi connectivity index (χ2n) is 4.22. The maximum atomic E-state index is 5.80. The first kappa shape index (κ1) is 14.8. The Kier molecular flexibility index (Phi) is 4.71. The molecular formula is C15H19N3O3. The maximum absolute atomic E-state index is 5.80. The summed E-state index contributed by atoms with van der Waals surface area (Å²) in [5.41, 5.74) is 7.14. The molecule has 0 aliphatic heterocycles. The SMILES string of the molecule is CCOc1nc(Nc2ccc(OC)c(OC)c2)ccc1N. The van der Waals surface area contributed by atoms with Gasteiger partial charge >= 0.3 is 0 Å². The Hall–Kier alpha value is -2.63. The lowest BCUT2D eigenvalue weighted by molar-refractivity contribution is 0.329. The average Bonchev–Trinajstić information content (AvgIpc) is 2.50. The van der Waals surface area contributed by atoms with Crippen molar-refractivity contribution in [3.63, 3.8) is 0 Å². The molecule has 2 aromatic rings. The zero-order chi connectivity index (χ0) is 15.2. The third kappa shape index (κ3) is 3.47. The highest BCUT2D eigenvalue weighted by molar-refractivity contribution is 5.63. The maximum Gasteiger partial charge on any atom is 0.239 e. The fraction of sp³-hybridized carbons (Fsp3) is 0.267. The molecule has 112 valence electrons. The summed E-state index contributed by atoms with van der Waals surface area (Å²) in [5.74, 6) is 2.37. The molecule has 0 aliphatic carbocycles. The summed E-state index contributed by atoms with van der Waals surface area (Å²) in [4.78, 5) is 4.32. The Labute approximate surface area is 123 Å². The third-order valence-electron chi connectivity index (χ3n) is 2.83. The van der Waals surface area contributed by atoms with E-state index in [1.54, 1.807) is 26.4 Å². The molecule has 1 aromatic carbocycles. The van der Waals surface area contributed by atoms with E-state index in [4.69, 9.17) is 19.9 Å². The number of pyridine rings is 1. The van der Waals surface area contributed by atoms with E-state index in [0.717, 1.165) is 5.69 Å². The van der Waals surface area contributed by atoms with Gasteiger partial charge in [0.15, 0.2) is 11.5 Å². The van der Waals surface area contributed by atoms with Gasteiger partial charge in [-0.3, -0.25) is 0 Å². The van der Waals surface area contributed by atoms with Crippen molar-refractivity contribution >= 4 is 17.2 Å². The highest BCUT2D eigenvalue weighted by atomic mass is 16.5. The van der Waals surface area contributed by atoms with Crippen molar-refractivity contribution in [1.29, 1.82) is 0 Å². The smallest absolute Gasteiger partial charge is 0.239 e. The molecular weight excluding hydrogens is 270 g/mol. The molecule has 0 fully saturated rings. The number of ether oxygens (including phenoxy) is 3. The van der Waals surface area contributed by atoms with Crippen molar-refractivity contribution in [3.05, 3.63) is 30.3 Å². The van der Waals surface area contributed by atoms with Gasteiger partial charge in [-0.05, 0) is 31.2 Å². The lowest BCUT2D eigenvalue weighted by Gasteiger charge is -2.12. The minimum Gasteiger partial charge on any atom is -0.493 e. The topological polar surface area (TPSA) is 78.6 Å². The van der Waals surface area contributed by atoms with Crippen LogP contribution in [0.5, 0.6) is 17.4 Å². The molecule has 0 atom stereocenters. The van der Waals surface area contributed by atoms with Gasteiger partial charge in [0.05, 0.1) is 26.5 Å². The summed E-state index contributed by atoms with van der Waals surface area (Å²) >= 11 is 0. The molecule has 0 saturated heterocycles. The lowest BCUT2D eigenvalue weighted by atomic mass is 10.2. The number of hydrogen-bond acceptors (Lipinski definition) is 6. The molecule has 6 nitrogen and oxygen atoms in total. The van der Waals surface area contributed by atoms with Gasteiger partial charge in [0.2, 0.25) is 5.88 Å². The van der Waals surface area contributed by atoms with E-state index in [1.165, 1.54) is 0 Å². The number of nitrogens with one attached hydrogen (secondary N) is 1. The number of aromatic nitrogens is 1. The number of rotatable bonds is 6. The predicted octanol–water partition coefficient (Wildman–Crippen LogP) is 2.82. The quantitative estimate of drug-likeness (QED) is 0.851. The van der Waals surface area contributed by atoms with Gasteiger partial charge in [0.1, 0.15) is 5.82 Å². The van der Waals surface area contributed by atoms with E-state index in [-0.39, 0.29) is 0 Å². The van der Waals surface area contributed by atoms with Gasteiger partial charge in [-0.25, -0.2) is 0 Å². The van der Waals surface area contributed by atoms with Crippen LogP contribution in [0, 0.1) is 0 Å². The standard InChI is InChI=1S/C15H19N3O3/c1-4-21-15-11(16)6-8-14(18-15)17-10-5-7-12(19-2)13(9-10)20-3/h5-9H,4,16H2,1-3H3,(H,17,18). The van der Waals surface area contributed by atoms with Crippen LogP contribution in [0.3, 0.4) is 0 Å². The Balaban J connectivity index is 2.23. The first-order valence-corrected chi connectivity index (χ1v) is 6.56. The van der Waals surface area contributed by atoms with Crippen LogP contribution in [-0.2, 0) is 0 Å². The van der Waals surface area contributed by atoms with E-state index in [9.17, 15) is 0 Å². The van der Waals surface area contributed by atoms with Crippen LogP contribution in [0.15, 0.2) is 30.3 Å². The van der Waals surface area contributed by atoms with E-state index in [2.05, 4.69) is 10.3 Å². The largest absolute Gasteiger partial charge is 0.493 e. The fourth-order valence-electron chi connectivity index (χ4n) is 1.84. The zero-order valence-electron chi connectivity index (χ0n) is 12.3. The summed E-state index contributed by atoms with van der Waals surface area (Å²) in [5, 5.41) is 3.17. The molecule has 0 unspecified atom stereocenters. The van der Waals surface area contributed by atoms with Crippen molar-refractivity contribution in [2.45, 2.75) is 6.92 Å². The second-order valence-corrected chi connectivity index (χ2v) is 4.22. The molecule has 1 heterocycles. The third-order valence-corrected chi connectivity index (χ3v) is 2.83. The number of nitrogen functional groups attached to an aromatic ring is 1. The summed E-state index contributed by atoms with van der Waals surface area (Å²) in [6.07, 6.45) is 0. The minimum absolute atomic E-state index is 0.419. The molecule has 0 saturated carbocycles. The van der Waals surface area contributed by atoms with E-state index < -0.39 is 0 Å². The number of nitrogens with two attached hydrogens (primary N) is 1. The van der Waals surface area contributed by atoms with Crippen molar-refractivity contribution in [2.24, 2.45) is 0 Å². The number of anilines is 3. The Morgan fingerprint density at radius 1 is 1.10 bits per heavy atom. The highest BCUT2D eigenvalue weighted by Crippen LogP contribution is 2.31. The molecule has 0 amide bonds. The second kappa shape index (κ2) is 6.69. The van der Waals surface area contributed by atoms with Crippen LogP contribution < -0.4 is 25.3 Å².